The molecule has 1 saturated heterocycles. The zero-order valence-corrected chi connectivity index (χ0v) is 18.9. The molecule has 32 heavy (non-hydrogen) atoms. The van der Waals surface area contributed by atoms with Crippen molar-refractivity contribution in [3.8, 4) is 5.75 Å². The first-order valence-electron chi connectivity index (χ1n) is 10.7. The van der Waals surface area contributed by atoms with Gasteiger partial charge in [-0.2, -0.15) is 0 Å². The number of hydrogen-bond donors (Lipinski definition) is 1. The van der Waals surface area contributed by atoms with Gasteiger partial charge in [-0.1, -0.05) is 26.0 Å². The van der Waals surface area contributed by atoms with Gasteiger partial charge in [-0.25, -0.2) is 4.39 Å². The minimum Gasteiger partial charge on any atom is -0.507 e. The third-order valence-electron chi connectivity index (χ3n) is 5.95. The van der Waals surface area contributed by atoms with Gasteiger partial charge in [0.25, 0.3) is 11.7 Å². The van der Waals surface area contributed by atoms with Crippen molar-refractivity contribution < 1.29 is 23.8 Å². The van der Waals surface area contributed by atoms with Crippen LogP contribution in [0.5, 0.6) is 5.75 Å². The van der Waals surface area contributed by atoms with Crippen LogP contribution in [0.25, 0.3) is 5.76 Å². The Labute approximate surface area is 187 Å². The number of aliphatic hydroxyl groups excluding tert-OH is 1. The molecule has 3 rings (SSSR count). The van der Waals surface area contributed by atoms with Crippen molar-refractivity contribution in [1.82, 2.24) is 9.80 Å². The number of aliphatic hydroxyl groups is 1. The van der Waals surface area contributed by atoms with Crippen molar-refractivity contribution >= 4 is 17.4 Å². The smallest absolute Gasteiger partial charge is 0.295 e. The fourth-order valence-corrected chi connectivity index (χ4v) is 4.07. The summed E-state index contributed by atoms with van der Waals surface area (Å²) in [6.45, 7) is 8.41. The molecule has 1 N–H and O–H groups in total. The molecular formula is C25H29FN2O4. The molecule has 1 amide bonds. The Balaban J connectivity index is 2.10. The van der Waals surface area contributed by atoms with E-state index in [0.717, 1.165) is 18.7 Å². The maximum absolute atomic E-state index is 13.6. The number of halogens is 1. The number of nitrogens with zero attached hydrogens (tertiary/aromatic N) is 2. The van der Waals surface area contributed by atoms with E-state index in [0.29, 0.717) is 30.0 Å². The molecule has 170 valence electrons. The number of benzene rings is 2. The molecule has 1 aliphatic heterocycles. The van der Waals surface area contributed by atoms with Gasteiger partial charge in [0.15, 0.2) is 0 Å². The van der Waals surface area contributed by atoms with Crippen LogP contribution in [-0.4, -0.2) is 59.9 Å². The third-order valence-corrected chi connectivity index (χ3v) is 5.95. The molecule has 1 fully saturated rings. The summed E-state index contributed by atoms with van der Waals surface area (Å²) in [6.07, 6.45) is 0. The highest BCUT2D eigenvalue weighted by molar-refractivity contribution is 6.46. The summed E-state index contributed by atoms with van der Waals surface area (Å²) in [6, 6.07) is 9.92. The second kappa shape index (κ2) is 9.96. The standard InChI is InChI=1S/C25H29FN2O4/c1-5-27(6-2)13-14-28-22(17-7-10-19(26)11-8-17)21(24(30)25(28)31)23(29)18-9-12-20(32-4)16(3)15-18/h7-12,15,22,29H,5-6,13-14H2,1-4H3/t22-/m1/s1. The van der Waals surface area contributed by atoms with Crippen LogP contribution in [0.2, 0.25) is 0 Å². The maximum Gasteiger partial charge on any atom is 0.295 e. The van der Waals surface area contributed by atoms with Crippen LogP contribution in [0.1, 0.15) is 36.6 Å². The predicted molar refractivity (Wildman–Crippen MR) is 121 cm³/mol. The number of aryl methyl sites for hydroxylation is 1. The van der Waals surface area contributed by atoms with Crippen molar-refractivity contribution in [3.05, 3.63) is 70.5 Å². The molecule has 1 aliphatic rings. The molecule has 2 aromatic rings. The van der Waals surface area contributed by atoms with E-state index < -0.39 is 23.5 Å². The van der Waals surface area contributed by atoms with Crippen LogP contribution in [-0.2, 0) is 9.59 Å². The minimum atomic E-state index is -0.798. The van der Waals surface area contributed by atoms with Crippen LogP contribution < -0.4 is 4.74 Å². The summed E-state index contributed by atoms with van der Waals surface area (Å²) >= 11 is 0. The lowest BCUT2D eigenvalue weighted by molar-refractivity contribution is -0.140. The van der Waals surface area contributed by atoms with E-state index in [4.69, 9.17) is 4.74 Å². The van der Waals surface area contributed by atoms with Crippen molar-refractivity contribution in [2.24, 2.45) is 0 Å². The number of likely N-dealkylation sites (tertiary alicyclic amines) is 1. The number of ketones is 1. The summed E-state index contributed by atoms with van der Waals surface area (Å²) in [5.41, 5.74) is 1.77. The fourth-order valence-electron chi connectivity index (χ4n) is 4.07. The van der Waals surface area contributed by atoms with Crippen LogP contribution in [0.3, 0.4) is 0 Å². The topological polar surface area (TPSA) is 70.1 Å². The molecule has 0 spiro atoms. The average Bonchev–Trinajstić information content (AvgIpc) is 3.04. The summed E-state index contributed by atoms with van der Waals surface area (Å²) in [5.74, 6) is -1.44. The van der Waals surface area contributed by atoms with Gasteiger partial charge in [-0.3, -0.25) is 9.59 Å². The van der Waals surface area contributed by atoms with Crippen LogP contribution >= 0.6 is 0 Å². The summed E-state index contributed by atoms with van der Waals surface area (Å²) in [5, 5.41) is 11.1. The number of rotatable bonds is 8. The first-order valence-corrected chi connectivity index (χ1v) is 10.7. The van der Waals surface area contributed by atoms with Gasteiger partial charge in [0.2, 0.25) is 0 Å². The zero-order valence-electron chi connectivity index (χ0n) is 18.9. The Morgan fingerprint density at radius 3 is 2.34 bits per heavy atom. The lowest BCUT2D eigenvalue weighted by Crippen LogP contribution is -2.38. The highest BCUT2D eigenvalue weighted by atomic mass is 19.1. The van der Waals surface area contributed by atoms with Gasteiger partial charge < -0.3 is 19.6 Å². The van der Waals surface area contributed by atoms with Crippen LogP contribution in [0.4, 0.5) is 4.39 Å². The van der Waals surface area contributed by atoms with Gasteiger partial charge in [-0.15, -0.1) is 0 Å². The highest BCUT2D eigenvalue weighted by Crippen LogP contribution is 2.39. The summed E-state index contributed by atoms with van der Waals surface area (Å²) in [4.78, 5) is 29.6. The van der Waals surface area contributed by atoms with Gasteiger partial charge in [0.05, 0.1) is 18.7 Å². The van der Waals surface area contributed by atoms with Gasteiger partial charge in [-0.05, 0) is 61.5 Å². The monoisotopic (exact) mass is 440 g/mol. The Bertz CT molecular complexity index is 1030. The summed E-state index contributed by atoms with van der Waals surface area (Å²) in [7, 11) is 1.55. The van der Waals surface area contributed by atoms with Crippen LogP contribution in [0.15, 0.2) is 48.0 Å². The molecule has 1 heterocycles. The fraction of sp³-hybridized carbons (Fsp3) is 0.360. The Kier molecular flexibility index (Phi) is 7.30. The SMILES string of the molecule is CCN(CC)CCN1C(=O)C(=O)C(=C(O)c2ccc(OC)c(C)c2)[C@H]1c1ccc(F)cc1. The van der Waals surface area contributed by atoms with Crippen molar-refractivity contribution in [2.45, 2.75) is 26.8 Å². The zero-order chi connectivity index (χ0) is 23.4. The molecule has 6 nitrogen and oxygen atoms in total. The van der Waals surface area contributed by atoms with E-state index in [1.807, 2.05) is 20.8 Å². The first-order chi connectivity index (χ1) is 15.3. The molecule has 0 unspecified atom stereocenters. The Hall–Kier alpha value is -3.19. The largest absolute Gasteiger partial charge is 0.507 e. The number of Topliss-reactive ketones (excluding diaryl/α,β-unsaturated/α-hetero) is 1. The number of carbonyl (C=O) groups is 2. The Morgan fingerprint density at radius 1 is 1.12 bits per heavy atom. The minimum absolute atomic E-state index is 0.00530. The highest BCUT2D eigenvalue weighted by Gasteiger charge is 2.46. The maximum atomic E-state index is 13.6. The summed E-state index contributed by atoms with van der Waals surface area (Å²) < 4.78 is 18.8. The molecule has 0 aromatic heterocycles. The molecule has 1 atom stereocenters. The molecule has 0 saturated carbocycles. The van der Waals surface area contributed by atoms with Crippen molar-refractivity contribution in [2.75, 3.05) is 33.3 Å². The lowest BCUT2D eigenvalue weighted by Gasteiger charge is -2.28. The van der Waals surface area contributed by atoms with Crippen LogP contribution in [0, 0.1) is 12.7 Å². The molecule has 0 bridgehead atoms. The first kappa shape index (κ1) is 23.5. The van der Waals surface area contributed by atoms with E-state index in [1.54, 1.807) is 37.4 Å². The second-order valence-electron chi connectivity index (χ2n) is 7.76. The van der Waals surface area contributed by atoms with E-state index in [9.17, 15) is 19.1 Å². The second-order valence-corrected chi connectivity index (χ2v) is 7.76. The lowest BCUT2D eigenvalue weighted by atomic mass is 9.94. The van der Waals surface area contributed by atoms with Crippen molar-refractivity contribution in [1.29, 1.82) is 0 Å². The Morgan fingerprint density at radius 2 is 1.78 bits per heavy atom. The molecule has 0 aliphatic carbocycles. The van der Waals surface area contributed by atoms with E-state index in [2.05, 4.69) is 4.90 Å². The number of likely N-dealkylation sites (N-methyl/N-ethyl adjacent to an activating group) is 1. The van der Waals surface area contributed by atoms with Gasteiger partial charge in [0, 0.05) is 18.7 Å². The number of methoxy groups -OCH3 is 1. The quantitative estimate of drug-likeness (QED) is 0.383. The number of carbonyl (C=O) groups excluding carboxylic acids is 2. The molecular weight excluding hydrogens is 411 g/mol. The number of hydrogen-bond acceptors (Lipinski definition) is 5. The predicted octanol–water partition coefficient (Wildman–Crippen LogP) is 3.91. The molecule has 7 heteroatoms. The van der Waals surface area contributed by atoms with Crippen molar-refractivity contribution in [3.63, 3.8) is 0 Å². The number of ether oxygens (including phenoxy) is 1. The van der Waals surface area contributed by atoms with Gasteiger partial charge in [0.1, 0.15) is 17.3 Å². The third kappa shape index (κ3) is 4.53. The molecule has 0 radical (unpaired) electrons. The van der Waals surface area contributed by atoms with E-state index in [1.165, 1.54) is 17.0 Å². The van der Waals surface area contributed by atoms with Gasteiger partial charge >= 0.3 is 0 Å². The average molecular weight is 441 g/mol. The van der Waals surface area contributed by atoms with E-state index >= 15 is 0 Å². The number of amides is 1. The van der Waals surface area contributed by atoms with E-state index in [-0.39, 0.29) is 11.3 Å². The molecule has 2 aromatic carbocycles. The normalized spacial score (nSPS) is 17.9.